The molecule has 2 atom stereocenters. The van der Waals surface area contributed by atoms with E-state index in [-0.39, 0.29) is 35.5 Å². The van der Waals surface area contributed by atoms with Crippen LogP contribution in [0.1, 0.15) is 62.5 Å². The lowest BCUT2D eigenvalue weighted by atomic mass is 10.0. The summed E-state index contributed by atoms with van der Waals surface area (Å²) in [6.45, 7) is 5.71. The molecule has 2 aliphatic rings. The smallest absolute Gasteiger partial charge is 0.253 e. The van der Waals surface area contributed by atoms with Gasteiger partial charge in [-0.3, -0.25) is 19.2 Å². The summed E-state index contributed by atoms with van der Waals surface area (Å²) in [7, 11) is 0. The molecule has 0 unspecified atom stereocenters. The van der Waals surface area contributed by atoms with Crippen molar-refractivity contribution >= 4 is 74.2 Å². The summed E-state index contributed by atoms with van der Waals surface area (Å²) in [6.07, 6.45) is 14.6. The van der Waals surface area contributed by atoms with Crippen molar-refractivity contribution in [1.82, 2.24) is 59.4 Å². The molecule has 8 aromatic heterocycles. The van der Waals surface area contributed by atoms with Gasteiger partial charge >= 0.3 is 0 Å². The molecule has 354 valence electrons. The number of nitrogens with one attached hydrogen (secondary N) is 4. The van der Waals surface area contributed by atoms with E-state index in [1.54, 1.807) is 88.7 Å². The average Bonchev–Trinajstić information content (AvgIpc) is 4.28. The summed E-state index contributed by atoms with van der Waals surface area (Å²) in [4.78, 5) is 72.9. The van der Waals surface area contributed by atoms with Gasteiger partial charge in [0.25, 0.3) is 11.8 Å². The predicted molar refractivity (Wildman–Crippen MR) is 272 cm³/mol. The zero-order valence-corrected chi connectivity index (χ0v) is 38.6. The van der Waals surface area contributed by atoms with Crippen molar-refractivity contribution in [2.75, 3.05) is 36.8 Å². The molecule has 72 heavy (non-hydrogen) atoms. The number of rotatable bonds is 11. The Morgan fingerprint density at radius 2 is 1.22 bits per heavy atom. The highest BCUT2D eigenvalue weighted by atomic mass is 16.2. The van der Waals surface area contributed by atoms with Gasteiger partial charge in [-0.25, -0.2) is 9.97 Å². The zero-order valence-electron chi connectivity index (χ0n) is 38.6. The molecule has 0 bridgehead atoms. The van der Waals surface area contributed by atoms with Crippen LogP contribution in [-0.2, 0) is 9.59 Å². The number of carbonyl (C=O) groups is 4. The van der Waals surface area contributed by atoms with Crippen LogP contribution in [0.2, 0.25) is 0 Å². The molecule has 2 saturated heterocycles. The van der Waals surface area contributed by atoms with Crippen LogP contribution in [0.4, 0.5) is 11.4 Å². The zero-order chi connectivity index (χ0) is 48.9. The molecule has 0 aliphatic carbocycles. The SMILES string of the molecule is C=CC(=O)Nc1cccc(C(=O)N2CC[C@@H](c3cc4c(-c5cnn6ncccc56)cc(/C=C/C(=O)Nc5ccc(C(=O)N6CC[C@@H](c7cc8c(-c9cnn%10ncccc9%10)ccnc8[nH]7)C6)cc5)nc4[nH]3)C2)c1. The molecule has 4 amide bonds. The second-order valence-corrected chi connectivity index (χ2v) is 18.0. The van der Waals surface area contributed by atoms with E-state index in [0.29, 0.717) is 60.0 Å². The van der Waals surface area contributed by atoms with Crippen molar-refractivity contribution in [2.45, 2.75) is 24.7 Å². The number of amides is 4. The number of nitrogens with zero attached hydrogens (tertiary/aromatic N) is 10. The summed E-state index contributed by atoms with van der Waals surface area (Å²) in [5.41, 5.74) is 11.4. The van der Waals surface area contributed by atoms with E-state index in [9.17, 15) is 19.2 Å². The van der Waals surface area contributed by atoms with Gasteiger partial charge in [0.2, 0.25) is 11.8 Å². The molecule has 10 aromatic rings. The van der Waals surface area contributed by atoms with Crippen LogP contribution in [-0.4, -0.2) is 109 Å². The van der Waals surface area contributed by atoms with Crippen molar-refractivity contribution in [3.8, 4) is 22.3 Å². The van der Waals surface area contributed by atoms with E-state index in [1.165, 1.54) is 12.2 Å². The van der Waals surface area contributed by atoms with Gasteiger partial charge in [-0.05, 0) is 127 Å². The van der Waals surface area contributed by atoms with Gasteiger partial charge in [-0.2, -0.15) is 29.7 Å². The fourth-order valence-corrected chi connectivity index (χ4v) is 9.98. The quantitative estimate of drug-likeness (QED) is 0.0920. The third-order valence-corrected chi connectivity index (χ3v) is 13.6. The lowest BCUT2D eigenvalue weighted by molar-refractivity contribution is -0.112. The van der Waals surface area contributed by atoms with E-state index in [1.807, 2.05) is 52.4 Å². The van der Waals surface area contributed by atoms with E-state index in [4.69, 9.17) is 4.98 Å². The van der Waals surface area contributed by atoms with Crippen LogP contribution in [0.5, 0.6) is 0 Å². The number of likely N-dealkylation sites (tertiary alicyclic amines) is 2. The molecule has 18 nitrogen and oxygen atoms in total. The molecular formula is C54H44N14O4. The van der Waals surface area contributed by atoms with Gasteiger partial charge in [0.15, 0.2) is 0 Å². The minimum atomic E-state index is -0.370. The van der Waals surface area contributed by atoms with Gasteiger partial charge in [0.1, 0.15) is 11.3 Å². The summed E-state index contributed by atoms with van der Waals surface area (Å²) in [6, 6.07) is 29.6. The number of H-pyrrole nitrogens is 2. The van der Waals surface area contributed by atoms with E-state index in [2.05, 4.69) is 64.7 Å². The Bertz CT molecular complexity index is 3830. The number of aromatic nitrogens is 10. The molecule has 12 rings (SSSR count). The molecule has 2 fully saturated rings. The first-order valence-electron chi connectivity index (χ1n) is 23.5. The minimum Gasteiger partial charge on any atom is -0.343 e. The van der Waals surface area contributed by atoms with Gasteiger partial charge in [0.05, 0.1) is 29.1 Å². The summed E-state index contributed by atoms with van der Waals surface area (Å²) in [5, 5.41) is 25.1. The van der Waals surface area contributed by atoms with Gasteiger partial charge in [-0.1, -0.05) is 12.6 Å². The van der Waals surface area contributed by atoms with Crippen LogP contribution >= 0.6 is 0 Å². The number of carbonyl (C=O) groups excluding carboxylic acids is 4. The standard InChI is InChI=1S/C54H44N14O4/c1-2-49(69)61-37-7-3-6-33(24-37)54(72)66-23-18-35(31-66)46-27-42-40(44-29-59-68-48(44)9-5-20-57-68)25-38(62-52(42)64-46)14-15-50(70)60-36-12-10-32(11-13-36)53(71)65-22-17-34(30-65)45-26-41-39(16-21-55-51(41)63-45)43-28-58-67-47(43)8-4-19-56-67/h2-16,19-21,24-29,34-35H,1,17-18,22-23,30-31H2,(H,55,63)(H,60,70)(H,61,69)(H,62,64)/b15-14+/t34-,35-/m1/s1. The Hall–Kier alpha value is -9.58. The molecule has 2 aliphatic heterocycles. The second-order valence-electron chi connectivity index (χ2n) is 18.0. The molecular weight excluding hydrogens is 909 g/mol. The second kappa shape index (κ2) is 18.1. The third-order valence-electron chi connectivity index (χ3n) is 13.6. The molecule has 0 spiro atoms. The van der Waals surface area contributed by atoms with Crippen molar-refractivity contribution in [1.29, 1.82) is 0 Å². The van der Waals surface area contributed by atoms with Crippen LogP contribution in [0, 0.1) is 0 Å². The highest BCUT2D eigenvalue weighted by Gasteiger charge is 2.31. The molecule has 0 saturated carbocycles. The first kappa shape index (κ1) is 43.7. The van der Waals surface area contributed by atoms with Gasteiger partial charge in [0, 0.05) is 118 Å². The van der Waals surface area contributed by atoms with E-state index < -0.39 is 0 Å². The van der Waals surface area contributed by atoms with Gasteiger partial charge in [-0.15, -0.1) is 0 Å². The number of pyridine rings is 2. The molecule has 10 heterocycles. The topological polar surface area (TPSA) is 217 Å². The predicted octanol–water partition coefficient (Wildman–Crippen LogP) is 7.89. The summed E-state index contributed by atoms with van der Waals surface area (Å²) in [5.74, 6) is -0.799. The Labute approximate surface area is 410 Å². The third kappa shape index (κ3) is 8.19. The first-order valence-corrected chi connectivity index (χ1v) is 23.5. The molecule has 18 heteroatoms. The number of hydrogen-bond donors (Lipinski definition) is 4. The highest BCUT2D eigenvalue weighted by molar-refractivity contribution is 6.04. The Balaban J connectivity index is 0.725. The summed E-state index contributed by atoms with van der Waals surface area (Å²) >= 11 is 0. The van der Waals surface area contributed by atoms with E-state index in [0.717, 1.165) is 73.9 Å². The Kier molecular flexibility index (Phi) is 11.0. The lowest BCUT2D eigenvalue weighted by Gasteiger charge is -2.17. The van der Waals surface area contributed by atoms with Crippen LogP contribution in [0.15, 0.2) is 147 Å². The fourth-order valence-electron chi connectivity index (χ4n) is 9.98. The number of anilines is 2. The maximum Gasteiger partial charge on any atom is 0.253 e. The van der Waals surface area contributed by atoms with Gasteiger partial charge < -0.3 is 30.4 Å². The Morgan fingerprint density at radius 3 is 1.90 bits per heavy atom. The normalized spacial score (nSPS) is 15.9. The lowest BCUT2D eigenvalue weighted by Crippen LogP contribution is -2.28. The first-order chi connectivity index (χ1) is 35.2. The maximum atomic E-state index is 13.8. The average molecular weight is 953 g/mol. The number of aromatic amines is 2. The fraction of sp³-hybridized carbons (Fsp3) is 0.148. The molecule has 4 N–H and O–H groups in total. The van der Waals surface area contributed by atoms with Crippen molar-refractivity contribution in [2.24, 2.45) is 0 Å². The van der Waals surface area contributed by atoms with Crippen molar-refractivity contribution < 1.29 is 19.2 Å². The highest BCUT2D eigenvalue weighted by Crippen LogP contribution is 2.38. The summed E-state index contributed by atoms with van der Waals surface area (Å²) < 4.78 is 3.18. The minimum absolute atomic E-state index is 0.00960. The van der Waals surface area contributed by atoms with Crippen LogP contribution < -0.4 is 10.6 Å². The maximum absolute atomic E-state index is 13.8. The monoisotopic (exact) mass is 952 g/mol. The number of fused-ring (bicyclic) bond motifs is 4. The number of benzene rings is 2. The van der Waals surface area contributed by atoms with Crippen molar-refractivity contribution in [3.05, 3.63) is 175 Å². The number of hydrogen-bond acceptors (Lipinski definition) is 10. The Morgan fingerprint density at radius 1 is 0.597 bits per heavy atom. The van der Waals surface area contributed by atoms with Crippen LogP contribution in [0.25, 0.3) is 61.4 Å². The van der Waals surface area contributed by atoms with E-state index >= 15 is 0 Å². The van der Waals surface area contributed by atoms with Crippen LogP contribution in [0.3, 0.4) is 0 Å². The molecule has 2 aromatic carbocycles. The largest absolute Gasteiger partial charge is 0.343 e. The molecule has 0 radical (unpaired) electrons. The van der Waals surface area contributed by atoms with Crippen molar-refractivity contribution in [3.63, 3.8) is 0 Å².